The maximum absolute atomic E-state index is 3.73. The fourth-order valence-electron chi connectivity index (χ4n) is 2.39. The molecule has 0 bridgehead atoms. The van der Waals surface area contributed by atoms with Gasteiger partial charge in [-0.25, -0.2) is 0 Å². The quantitative estimate of drug-likeness (QED) is 0.678. The molecular formula is C17H19Br. The molecule has 0 N–H and O–H groups in total. The lowest BCUT2D eigenvalue weighted by Gasteiger charge is -2.27. The Morgan fingerprint density at radius 2 is 1.11 bits per heavy atom. The third-order valence-electron chi connectivity index (χ3n) is 3.57. The molecule has 18 heavy (non-hydrogen) atoms. The molecule has 0 aromatic heterocycles. The van der Waals surface area contributed by atoms with Crippen LogP contribution in [0.5, 0.6) is 0 Å². The van der Waals surface area contributed by atoms with E-state index in [0.717, 1.165) is 0 Å². The highest BCUT2D eigenvalue weighted by Crippen LogP contribution is 2.35. The predicted molar refractivity (Wildman–Crippen MR) is 82.3 cm³/mol. The van der Waals surface area contributed by atoms with Gasteiger partial charge in [-0.3, -0.25) is 0 Å². The van der Waals surface area contributed by atoms with Crippen molar-refractivity contribution >= 4 is 15.9 Å². The van der Waals surface area contributed by atoms with Crippen molar-refractivity contribution in [1.29, 1.82) is 0 Å². The topological polar surface area (TPSA) is 0 Å². The minimum Gasteiger partial charge on any atom is -0.0890 e. The van der Waals surface area contributed by atoms with E-state index in [4.69, 9.17) is 0 Å². The summed E-state index contributed by atoms with van der Waals surface area (Å²) < 4.78 is 0. The minimum atomic E-state index is 0.446. The molecule has 0 radical (unpaired) electrons. The molecule has 0 aliphatic heterocycles. The zero-order valence-electron chi connectivity index (χ0n) is 10.9. The smallest absolute Gasteiger partial charge is 0.0152 e. The zero-order chi connectivity index (χ0) is 13.0. The molecule has 0 amide bonds. The van der Waals surface area contributed by atoms with E-state index in [0.29, 0.717) is 16.7 Å². The molecule has 2 rings (SSSR count). The molecule has 0 aliphatic rings. The van der Waals surface area contributed by atoms with Crippen LogP contribution in [0.1, 0.15) is 30.9 Å². The van der Waals surface area contributed by atoms with Gasteiger partial charge in [0.1, 0.15) is 0 Å². The number of hydrogen-bond acceptors (Lipinski definition) is 0. The maximum Gasteiger partial charge on any atom is 0.0152 e. The molecule has 0 saturated heterocycles. The van der Waals surface area contributed by atoms with Gasteiger partial charge in [-0.15, -0.1) is 0 Å². The summed E-state index contributed by atoms with van der Waals surface area (Å²) in [6.45, 7) is 4.54. The summed E-state index contributed by atoms with van der Waals surface area (Å²) in [6.07, 6.45) is 0. The van der Waals surface area contributed by atoms with Crippen LogP contribution in [0.25, 0.3) is 0 Å². The van der Waals surface area contributed by atoms with E-state index in [-0.39, 0.29) is 0 Å². The van der Waals surface area contributed by atoms with Gasteiger partial charge in [0, 0.05) is 10.7 Å². The molecular weight excluding hydrogens is 284 g/mol. The highest BCUT2D eigenvalue weighted by Gasteiger charge is 2.24. The van der Waals surface area contributed by atoms with Crippen molar-refractivity contribution in [1.82, 2.24) is 0 Å². The van der Waals surface area contributed by atoms with Crippen molar-refractivity contribution < 1.29 is 0 Å². The monoisotopic (exact) mass is 302 g/mol. The highest BCUT2D eigenvalue weighted by atomic mass is 79.9. The second-order valence-corrected chi connectivity index (χ2v) is 6.28. The van der Waals surface area contributed by atoms with E-state index in [1.54, 1.807) is 0 Å². The van der Waals surface area contributed by atoms with Crippen molar-refractivity contribution in [2.75, 3.05) is 0 Å². The second kappa shape index (κ2) is 6.19. The van der Waals surface area contributed by atoms with Crippen molar-refractivity contribution in [2.45, 2.75) is 24.6 Å². The van der Waals surface area contributed by atoms with E-state index in [9.17, 15) is 0 Å². The number of hydrogen-bond donors (Lipinski definition) is 0. The van der Waals surface area contributed by atoms with E-state index in [1.165, 1.54) is 11.1 Å². The zero-order valence-corrected chi connectivity index (χ0v) is 12.5. The van der Waals surface area contributed by atoms with Crippen molar-refractivity contribution in [3.05, 3.63) is 71.8 Å². The van der Waals surface area contributed by atoms with Gasteiger partial charge in [-0.2, -0.15) is 0 Å². The van der Waals surface area contributed by atoms with E-state index < -0.39 is 0 Å². The fourth-order valence-corrected chi connectivity index (χ4v) is 2.69. The normalized spacial score (nSPS) is 14.4. The predicted octanol–water partition coefficient (Wildman–Crippen LogP) is 5.24. The van der Waals surface area contributed by atoms with Crippen LogP contribution < -0.4 is 0 Å². The van der Waals surface area contributed by atoms with Crippen LogP contribution in [0.15, 0.2) is 60.7 Å². The molecule has 2 aromatic rings. The standard InChI is InChI=1S/C17H19Br/c1-13(14(2)18)17(15-9-5-3-6-10-15)16-11-7-4-8-12-16/h3-14,17H,1-2H3. The van der Waals surface area contributed by atoms with Crippen molar-refractivity contribution in [2.24, 2.45) is 5.92 Å². The summed E-state index contributed by atoms with van der Waals surface area (Å²) in [6, 6.07) is 21.5. The molecule has 0 heterocycles. The first kappa shape index (κ1) is 13.4. The van der Waals surface area contributed by atoms with Crippen LogP contribution in [0.2, 0.25) is 0 Å². The summed E-state index contributed by atoms with van der Waals surface area (Å²) in [5.74, 6) is 0.997. The Balaban J connectivity index is 2.42. The van der Waals surface area contributed by atoms with Crippen LogP contribution in [0.4, 0.5) is 0 Å². The van der Waals surface area contributed by atoms with Gasteiger partial charge >= 0.3 is 0 Å². The lowest BCUT2D eigenvalue weighted by Crippen LogP contribution is -2.18. The molecule has 2 aromatic carbocycles. The summed E-state index contributed by atoms with van der Waals surface area (Å²) in [5.41, 5.74) is 2.78. The molecule has 0 aliphatic carbocycles. The van der Waals surface area contributed by atoms with E-state index in [1.807, 2.05) is 0 Å². The number of halogens is 1. The molecule has 1 heteroatoms. The van der Waals surface area contributed by atoms with Crippen LogP contribution in [0, 0.1) is 5.92 Å². The number of rotatable bonds is 4. The van der Waals surface area contributed by atoms with Crippen LogP contribution in [-0.2, 0) is 0 Å². The summed E-state index contributed by atoms with van der Waals surface area (Å²) in [5, 5.41) is 0. The Morgan fingerprint density at radius 3 is 1.44 bits per heavy atom. The lowest BCUT2D eigenvalue weighted by molar-refractivity contribution is 0.513. The first-order valence-corrected chi connectivity index (χ1v) is 7.35. The van der Waals surface area contributed by atoms with Crippen molar-refractivity contribution in [3.8, 4) is 0 Å². The Labute approximate surface area is 118 Å². The van der Waals surface area contributed by atoms with Gasteiger partial charge < -0.3 is 0 Å². The Kier molecular flexibility index (Phi) is 4.60. The molecule has 0 spiro atoms. The summed E-state index contributed by atoms with van der Waals surface area (Å²) >= 11 is 3.73. The molecule has 0 nitrogen and oxygen atoms in total. The fraction of sp³-hybridized carbons (Fsp3) is 0.294. The molecule has 0 saturated carbocycles. The molecule has 2 unspecified atom stereocenters. The first-order valence-electron chi connectivity index (χ1n) is 6.44. The average Bonchev–Trinajstić information content (AvgIpc) is 2.41. The van der Waals surface area contributed by atoms with E-state index >= 15 is 0 Å². The van der Waals surface area contributed by atoms with Gasteiger partial charge in [0.25, 0.3) is 0 Å². The van der Waals surface area contributed by atoms with Crippen molar-refractivity contribution in [3.63, 3.8) is 0 Å². The SMILES string of the molecule is CC(Br)C(C)C(c1ccccc1)c1ccccc1. The van der Waals surface area contributed by atoms with Gasteiger partial charge in [0.15, 0.2) is 0 Å². The third kappa shape index (κ3) is 3.02. The van der Waals surface area contributed by atoms with Gasteiger partial charge in [-0.05, 0) is 17.0 Å². The molecule has 94 valence electrons. The Morgan fingerprint density at radius 1 is 0.722 bits per heavy atom. The minimum absolute atomic E-state index is 0.446. The Hall–Kier alpha value is -1.08. The molecule has 2 atom stereocenters. The van der Waals surface area contributed by atoms with Crippen LogP contribution in [0.3, 0.4) is 0 Å². The van der Waals surface area contributed by atoms with Gasteiger partial charge in [0.05, 0.1) is 0 Å². The summed E-state index contributed by atoms with van der Waals surface area (Å²) in [4.78, 5) is 0.489. The highest BCUT2D eigenvalue weighted by molar-refractivity contribution is 9.09. The lowest BCUT2D eigenvalue weighted by atomic mass is 9.80. The number of alkyl halides is 1. The van der Waals surface area contributed by atoms with Gasteiger partial charge in [-0.1, -0.05) is 90.4 Å². The maximum atomic E-state index is 3.73. The average molecular weight is 303 g/mol. The van der Waals surface area contributed by atoms with Crippen LogP contribution >= 0.6 is 15.9 Å². The van der Waals surface area contributed by atoms with Crippen LogP contribution in [-0.4, -0.2) is 4.83 Å². The Bertz CT molecular complexity index is 422. The van der Waals surface area contributed by atoms with E-state index in [2.05, 4.69) is 90.4 Å². The second-order valence-electron chi connectivity index (χ2n) is 4.84. The first-order chi connectivity index (χ1) is 8.70. The third-order valence-corrected chi connectivity index (χ3v) is 4.40. The summed E-state index contributed by atoms with van der Waals surface area (Å²) in [7, 11) is 0. The molecule has 0 fully saturated rings. The van der Waals surface area contributed by atoms with Gasteiger partial charge in [0.2, 0.25) is 0 Å². The largest absolute Gasteiger partial charge is 0.0890 e. The number of benzene rings is 2.